The molecule has 3 N–H and O–H groups in total. The van der Waals surface area contributed by atoms with Gasteiger partial charge in [0.05, 0.1) is 23.4 Å². The molecule has 4 rings (SSSR count). The van der Waals surface area contributed by atoms with Crippen LogP contribution in [0.25, 0.3) is 15.9 Å². The van der Waals surface area contributed by atoms with E-state index in [9.17, 15) is 10.1 Å². The lowest BCUT2D eigenvalue weighted by Gasteiger charge is -2.07. The van der Waals surface area contributed by atoms with Crippen molar-refractivity contribution >= 4 is 39.2 Å². The number of carbonyl (C=O) groups excluding carboxylic acids is 1. The van der Waals surface area contributed by atoms with Gasteiger partial charge in [-0.1, -0.05) is 18.2 Å². The fourth-order valence-corrected chi connectivity index (χ4v) is 4.64. The van der Waals surface area contributed by atoms with E-state index in [0.717, 1.165) is 21.5 Å². The van der Waals surface area contributed by atoms with Crippen LogP contribution in [0, 0.1) is 18.3 Å². The standard InChI is InChI=1S/C23H23N7O2S/c1-3-32-23(31)19-14(2)18-21(27-13-28-22(18)33-19)26-11-7-10-17-16(12-24)20(25)30(29-17)15-8-5-4-6-9-15/h4-6,8-9,13H,3,7,10-11,25H2,1-2H3,(H,26,27,28). The fourth-order valence-electron chi connectivity index (χ4n) is 3.60. The van der Waals surface area contributed by atoms with Gasteiger partial charge < -0.3 is 15.8 Å². The van der Waals surface area contributed by atoms with Gasteiger partial charge in [0.25, 0.3) is 0 Å². The number of nitrogens with two attached hydrogens (primary N) is 1. The number of anilines is 2. The number of nitrogens with zero attached hydrogens (tertiary/aromatic N) is 5. The Balaban J connectivity index is 1.48. The van der Waals surface area contributed by atoms with Crippen molar-refractivity contribution in [1.29, 1.82) is 5.26 Å². The normalized spacial score (nSPS) is 10.8. The predicted molar refractivity (Wildman–Crippen MR) is 128 cm³/mol. The molecule has 0 aliphatic heterocycles. The molecule has 4 aromatic rings. The number of para-hydroxylation sites is 1. The van der Waals surface area contributed by atoms with Crippen molar-refractivity contribution < 1.29 is 9.53 Å². The van der Waals surface area contributed by atoms with Crippen LogP contribution in [0.1, 0.15) is 39.8 Å². The molecule has 0 radical (unpaired) electrons. The monoisotopic (exact) mass is 461 g/mol. The van der Waals surface area contributed by atoms with E-state index in [1.165, 1.54) is 17.7 Å². The highest BCUT2D eigenvalue weighted by Gasteiger charge is 2.20. The summed E-state index contributed by atoms with van der Waals surface area (Å²) in [5, 5.41) is 18.3. The summed E-state index contributed by atoms with van der Waals surface area (Å²) in [4.78, 5) is 22.2. The van der Waals surface area contributed by atoms with Crippen molar-refractivity contribution in [3.63, 3.8) is 0 Å². The highest BCUT2D eigenvalue weighted by molar-refractivity contribution is 7.20. The van der Waals surface area contributed by atoms with Gasteiger partial charge in [-0.2, -0.15) is 10.4 Å². The number of aryl methyl sites for hydroxylation is 2. The summed E-state index contributed by atoms with van der Waals surface area (Å²) in [5.41, 5.74) is 8.85. The molecule has 1 aromatic carbocycles. The van der Waals surface area contributed by atoms with Gasteiger partial charge in [-0.25, -0.2) is 19.4 Å². The molecule has 0 unspecified atom stereocenters. The summed E-state index contributed by atoms with van der Waals surface area (Å²) in [5.74, 6) is 0.656. The van der Waals surface area contributed by atoms with Crippen molar-refractivity contribution in [2.45, 2.75) is 26.7 Å². The van der Waals surface area contributed by atoms with Crippen molar-refractivity contribution in [3.8, 4) is 11.8 Å². The molecule has 0 saturated carbocycles. The van der Waals surface area contributed by atoms with Crippen LogP contribution in [-0.4, -0.2) is 38.9 Å². The third kappa shape index (κ3) is 4.36. The smallest absolute Gasteiger partial charge is 0.348 e. The number of hydrogen-bond acceptors (Lipinski definition) is 9. The van der Waals surface area contributed by atoms with Crippen molar-refractivity contribution in [1.82, 2.24) is 19.7 Å². The van der Waals surface area contributed by atoms with E-state index in [1.807, 2.05) is 37.3 Å². The maximum atomic E-state index is 12.2. The number of rotatable bonds is 8. The minimum absolute atomic E-state index is 0.318. The molecule has 0 aliphatic carbocycles. The molecule has 0 atom stereocenters. The van der Waals surface area contributed by atoms with Crippen molar-refractivity contribution in [2.24, 2.45) is 0 Å². The summed E-state index contributed by atoms with van der Waals surface area (Å²) < 4.78 is 6.75. The number of carbonyl (C=O) groups is 1. The Labute approximate surface area is 194 Å². The second-order valence-corrected chi connectivity index (χ2v) is 8.27. The van der Waals surface area contributed by atoms with Gasteiger partial charge in [-0.05, 0) is 44.4 Å². The zero-order valence-electron chi connectivity index (χ0n) is 18.3. The van der Waals surface area contributed by atoms with Gasteiger partial charge in [0.15, 0.2) is 0 Å². The summed E-state index contributed by atoms with van der Waals surface area (Å²) in [6, 6.07) is 11.7. The summed E-state index contributed by atoms with van der Waals surface area (Å²) >= 11 is 1.30. The Kier molecular flexibility index (Phi) is 6.51. The Morgan fingerprint density at radius 3 is 2.82 bits per heavy atom. The number of hydrogen-bond donors (Lipinski definition) is 2. The Hall–Kier alpha value is -3.97. The molecule has 168 valence electrons. The highest BCUT2D eigenvalue weighted by Crippen LogP contribution is 2.33. The molecule has 3 aromatic heterocycles. The first-order chi connectivity index (χ1) is 16.0. The molecule has 0 spiro atoms. The van der Waals surface area contributed by atoms with Crippen LogP contribution < -0.4 is 11.1 Å². The highest BCUT2D eigenvalue weighted by atomic mass is 32.1. The van der Waals surface area contributed by atoms with Crippen LogP contribution >= 0.6 is 11.3 Å². The Morgan fingerprint density at radius 2 is 2.09 bits per heavy atom. The van der Waals surface area contributed by atoms with E-state index in [-0.39, 0.29) is 5.97 Å². The van der Waals surface area contributed by atoms with Crippen LogP contribution in [0.5, 0.6) is 0 Å². The summed E-state index contributed by atoms with van der Waals surface area (Å²) in [6.07, 6.45) is 2.76. The van der Waals surface area contributed by atoms with Gasteiger partial charge in [0.1, 0.15) is 39.3 Å². The average Bonchev–Trinajstić information content (AvgIpc) is 3.34. The molecule has 0 bridgehead atoms. The quantitative estimate of drug-likeness (QED) is 0.299. The molecule has 0 amide bonds. The zero-order chi connectivity index (χ0) is 23.4. The van der Waals surface area contributed by atoms with Crippen LogP contribution in [0.4, 0.5) is 11.6 Å². The lowest BCUT2D eigenvalue weighted by molar-refractivity contribution is 0.0531. The predicted octanol–water partition coefficient (Wildman–Crippen LogP) is 3.86. The minimum Gasteiger partial charge on any atom is -0.462 e. The van der Waals surface area contributed by atoms with Crippen LogP contribution in [0.3, 0.4) is 0 Å². The second-order valence-electron chi connectivity index (χ2n) is 7.28. The first kappa shape index (κ1) is 22.2. The molecule has 33 heavy (non-hydrogen) atoms. The van der Waals surface area contributed by atoms with Gasteiger partial charge in [0, 0.05) is 6.54 Å². The number of thiophene rings is 1. The van der Waals surface area contributed by atoms with E-state index in [4.69, 9.17) is 10.5 Å². The summed E-state index contributed by atoms with van der Waals surface area (Å²) in [6.45, 7) is 4.57. The number of fused-ring (bicyclic) bond motifs is 1. The Morgan fingerprint density at radius 1 is 1.30 bits per heavy atom. The summed E-state index contributed by atoms with van der Waals surface area (Å²) in [7, 11) is 0. The largest absolute Gasteiger partial charge is 0.462 e. The van der Waals surface area contributed by atoms with Gasteiger partial charge in [0.2, 0.25) is 0 Å². The second kappa shape index (κ2) is 9.67. The third-order valence-electron chi connectivity index (χ3n) is 5.18. The number of nitrogens with one attached hydrogen (secondary N) is 1. The Bertz CT molecular complexity index is 1340. The topological polar surface area (TPSA) is 132 Å². The number of benzene rings is 1. The van der Waals surface area contributed by atoms with Crippen molar-refractivity contribution in [2.75, 3.05) is 24.2 Å². The fraction of sp³-hybridized carbons (Fsp3) is 0.261. The van der Waals surface area contributed by atoms with E-state index >= 15 is 0 Å². The number of nitrogen functional groups attached to an aromatic ring is 1. The number of esters is 1. The number of ether oxygens (including phenoxy) is 1. The third-order valence-corrected chi connectivity index (χ3v) is 6.36. The molecular formula is C23H23N7O2S. The maximum Gasteiger partial charge on any atom is 0.348 e. The average molecular weight is 462 g/mol. The van der Waals surface area contributed by atoms with Crippen LogP contribution in [-0.2, 0) is 11.2 Å². The molecule has 0 saturated heterocycles. The van der Waals surface area contributed by atoms with Crippen molar-refractivity contribution in [3.05, 3.63) is 58.4 Å². The van der Waals surface area contributed by atoms with E-state index in [1.54, 1.807) is 11.6 Å². The van der Waals surface area contributed by atoms with Gasteiger partial charge >= 0.3 is 5.97 Å². The number of aromatic nitrogens is 4. The van der Waals surface area contributed by atoms with E-state index in [0.29, 0.717) is 53.8 Å². The molecule has 10 heteroatoms. The lowest BCUT2D eigenvalue weighted by Crippen LogP contribution is -2.07. The first-order valence-corrected chi connectivity index (χ1v) is 11.3. The molecular weight excluding hydrogens is 438 g/mol. The van der Waals surface area contributed by atoms with Crippen LogP contribution in [0.15, 0.2) is 36.7 Å². The molecule has 0 aliphatic rings. The first-order valence-electron chi connectivity index (χ1n) is 10.5. The maximum absolute atomic E-state index is 12.2. The molecule has 0 fully saturated rings. The molecule has 9 nitrogen and oxygen atoms in total. The van der Waals surface area contributed by atoms with Crippen LogP contribution in [0.2, 0.25) is 0 Å². The van der Waals surface area contributed by atoms with E-state index < -0.39 is 0 Å². The van der Waals surface area contributed by atoms with Gasteiger partial charge in [-0.3, -0.25) is 0 Å². The number of nitriles is 1. The molecule has 3 heterocycles. The lowest BCUT2D eigenvalue weighted by atomic mass is 10.1. The van der Waals surface area contributed by atoms with E-state index in [2.05, 4.69) is 26.5 Å². The minimum atomic E-state index is -0.348. The SMILES string of the molecule is CCOC(=O)c1sc2ncnc(NCCCc3nn(-c4ccccc4)c(N)c3C#N)c2c1C. The van der Waals surface area contributed by atoms with Gasteiger partial charge in [-0.15, -0.1) is 11.3 Å². The zero-order valence-corrected chi connectivity index (χ0v) is 19.1.